The molecule has 0 saturated carbocycles. The molecule has 2 aliphatic rings. The van der Waals surface area contributed by atoms with Crippen LogP contribution in [0.3, 0.4) is 0 Å². The monoisotopic (exact) mass is 402 g/mol. The van der Waals surface area contributed by atoms with Crippen molar-refractivity contribution < 1.29 is 24.3 Å². The number of carbonyl (C=O) groups excluding carboxylic acids is 3. The molecule has 156 valence electrons. The van der Waals surface area contributed by atoms with Crippen molar-refractivity contribution in [2.75, 3.05) is 23.3 Å². The molecule has 4 amide bonds. The van der Waals surface area contributed by atoms with Gasteiger partial charge in [0.1, 0.15) is 18.6 Å². The molecule has 0 bridgehead atoms. The van der Waals surface area contributed by atoms with E-state index in [-0.39, 0.29) is 18.4 Å². The zero-order valence-corrected chi connectivity index (χ0v) is 16.6. The average molecular weight is 402 g/mol. The highest BCUT2D eigenvalue weighted by molar-refractivity contribution is 6.10. The Kier molecular flexibility index (Phi) is 6.05. The summed E-state index contributed by atoms with van der Waals surface area (Å²) in [4.78, 5) is 52.2. The fourth-order valence-electron chi connectivity index (χ4n) is 3.82. The van der Waals surface area contributed by atoms with Crippen molar-refractivity contribution in [3.63, 3.8) is 0 Å². The number of hydrogen-bond donors (Lipinski definition) is 3. The number of benzene rings is 1. The fourth-order valence-corrected chi connectivity index (χ4v) is 3.82. The van der Waals surface area contributed by atoms with E-state index in [2.05, 4.69) is 10.6 Å². The summed E-state index contributed by atoms with van der Waals surface area (Å²) < 4.78 is 0. The summed E-state index contributed by atoms with van der Waals surface area (Å²) in [6, 6.07) is 4.65. The van der Waals surface area contributed by atoms with Crippen LogP contribution in [-0.2, 0) is 14.4 Å². The first-order valence-corrected chi connectivity index (χ1v) is 9.78. The number of carbonyl (C=O) groups is 4. The fraction of sp³-hybridized carbons (Fsp3) is 0.500. The van der Waals surface area contributed by atoms with Crippen molar-refractivity contribution >= 4 is 35.2 Å². The Morgan fingerprint density at radius 2 is 2.00 bits per heavy atom. The van der Waals surface area contributed by atoms with Gasteiger partial charge in [-0.05, 0) is 37.3 Å². The predicted molar refractivity (Wildman–Crippen MR) is 107 cm³/mol. The van der Waals surface area contributed by atoms with Crippen LogP contribution >= 0.6 is 0 Å². The van der Waals surface area contributed by atoms with Gasteiger partial charge in [-0.15, -0.1) is 0 Å². The molecule has 9 nitrogen and oxygen atoms in total. The molecule has 0 aliphatic carbocycles. The molecule has 2 aliphatic heterocycles. The molecule has 0 aromatic heterocycles. The molecule has 3 rings (SSSR count). The van der Waals surface area contributed by atoms with Crippen LogP contribution in [0.1, 0.15) is 33.1 Å². The Bertz CT molecular complexity index is 825. The number of aliphatic carboxylic acids is 1. The molecule has 0 spiro atoms. The van der Waals surface area contributed by atoms with Crippen LogP contribution < -0.4 is 15.5 Å². The van der Waals surface area contributed by atoms with Crippen LogP contribution in [0.2, 0.25) is 0 Å². The van der Waals surface area contributed by atoms with Crippen LogP contribution in [0.5, 0.6) is 0 Å². The molecular formula is C20H26N4O5. The molecule has 1 aromatic carbocycles. The molecule has 3 N–H and O–H groups in total. The summed E-state index contributed by atoms with van der Waals surface area (Å²) in [6.07, 6.45) is 1.39. The Balaban J connectivity index is 1.80. The highest BCUT2D eigenvalue weighted by Crippen LogP contribution is 2.29. The molecule has 9 heteroatoms. The summed E-state index contributed by atoms with van der Waals surface area (Å²) in [7, 11) is 0. The lowest BCUT2D eigenvalue weighted by atomic mass is 10.0. The molecule has 0 radical (unpaired) electrons. The van der Waals surface area contributed by atoms with Gasteiger partial charge in [0.05, 0.1) is 11.4 Å². The van der Waals surface area contributed by atoms with E-state index in [1.807, 2.05) is 13.8 Å². The molecular weight excluding hydrogens is 376 g/mol. The Morgan fingerprint density at radius 3 is 2.69 bits per heavy atom. The second kappa shape index (κ2) is 8.50. The first-order chi connectivity index (χ1) is 13.8. The van der Waals surface area contributed by atoms with Crippen LogP contribution in [0, 0.1) is 5.92 Å². The number of carboxylic acid groups (broad SMARTS) is 1. The van der Waals surface area contributed by atoms with E-state index in [0.717, 1.165) is 0 Å². The van der Waals surface area contributed by atoms with Crippen LogP contribution in [0.4, 0.5) is 16.2 Å². The molecule has 29 heavy (non-hydrogen) atoms. The number of rotatable bonds is 5. The van der Waals surface area contributed by atoms with Crippen LogP contribution in [-0.4, -0.2) is 59.0 Å². The maximum atomic E-state index is 13.1. The normalized spacial score (nSPS) is 19.6. The van der Waals surface area contributed by atoms with Crippen LogP contribution in [0.15, 0.2) is 24.3 Å². The second-order valence-corrected chi connectivity index (χ2v) is 7.81. The molecule has 1 aromatic rings. The van der Waals surface area contributed by atoms with Gasteiger partial charge in [0.2, 0.25) is 11.8 Å². The van der Waals surface area contributed by atoms with Crippen molar-refractivity contribution in [3.8, 4) is 0 Å². The van der Waals surface area contributed by atoms with Gasteiger partial charge >= 0.3 is 12.0 Å². The summed E-state index contributed by atoms with van der Waals surface area (Å²) in [5, 5.41) is 14.8. The van der Waals surface area contributed by atoms with E-state index >= 15 is 0 Å². The zero-order chi connectivity index (χ0) is 21.1. The standard InChI is InChI=1S/C20H26N4O5/c1-12(2)10-14(18(26)23-9-5-8-16(23)19(27)28)22-20(29)24-11-17(25)21-13-6-3-4-7-15(13)24/h3-4,6-7,12,14,16H,5,8-11H2,1-2H3,(H,21,25)(H,22,29)(H,27,28). The number of anilines is 2. The molecule has 1 fully saturated rings. The number of nitrogens with one attached hydrogen (secondary N) is 2. The predicted octanol–water partition coefficient (Wildman–Crippen LogP) is 1.65. The molecule has 2 heterocycles. The Hall–Kier alpha value is -3.10. The largest absolute Gasteiger partial charge is 0.480 e. The highest BCUT2D eigenvalue weighted by atomic mass is 16.4. The van der Waals surface area contributed by atoms with E-state index in [9.17, 15) is 24.3 Å². The van der Waals surface area contributed by atoms with Crippen LogP contribution in [0.25, 0.3) is 0 Å². The van der Waals surface area contributed by atoms with E-state index in [0.29, 0.717) is 37.2 Å². The third kappa shape index (κ3) is 4.49. The molecule has 2 unspecified atom stereocenters. The second-order valence-electron chi connectivity index (χ2n) is 7.81. The van der Waals surface area contributed by atoms with Crippen molar-refractivity contribution in [2.45, 2.75) is 45.2 Å². The lowest BCUT2D eigenvalue weighted by Crippen LogP contribution is -2.56. The van der Waals surface area contributed by atoms with Gasteiger partial charge in [-0.2, -0.15) is 0 Å². The number of hydrogen-bond acceptors (Lipinski definition) is 4. The Labute approximate surface area is 169 Å². The Morgan fingerprint density at radius 1 is 1.28 bits per heavy atom. The van der Waals surface area contributed by atoms with Crippen molar-refractivity contribution in [3.05, 3.63) is 24.3 Å². The van der Waals surface area contributed by atoms with Gasteiger partial charge in [-0.3, -0.25) is 14.5 Å². The van der Waals surface area contributed by atoms with Crippen molar-refractivity contribution in [1.29, 1.82) is 0 Å². The highest BCUT2D eigenvalue weighted by Gasteiger charge is 2.38. The third-order valence-corrected chi connectivity index (χ3v) is 5.14. The minimum Gasteiger partial charge on any atom is -0.480 e. The number of urea groups is 1. The number of fused-ring (bicyclic) bond motifs is 1. The van der Waals surface area contributed by atoms with Gasteiger partial charge in [-0.25, -0.2) is 9.59 Å². The van der Waals surface area contributed by atoms with Crippen molar-refractivity contribution in [2.24, 2.45) is 5.92 Å². The molecule has 2 atom stereocenters. The average Bonchev–Trinajstić information content (AvgIpc) is 3.15. The van der Waals surface area contributed by atoms with Gasteiger partial charge in [0.25, 0.3) is 0 Å². The topological polar surface area (TPSA) is 119 Å². The molecule has 1 saturated heterocycles. The number of likely N-dealkylation sites (tertiary alicyclic amines) is 1. The van der Waals surface area contributed by atoms with Gasteiger partial charge in [0.15, 0.2) is 0 Å². The lowest BCUT2D eigenvalue weighted by Gasteiger charge is -2.32. The maximum Gasteiger partial charge on any atom is 0.326 e. The summed E-state index contributed by atoms with van der Waals surface area (Å²) in [5.74, 6) is -1.65. The van der Waals surface area contributed by atoms with E-state index in [4.69, 9.17) is 0 Å². The number of carboxylic acids is 1. The SMILES string of the molecule is CC(C)CC(NC(=O)N1CC(=O)Nc2ccccc21)C(=O)N1CCCC1C(=O)O. The van der Waals surface area contributed by atoms with Gasteiger partial charge in [0, 0.05) is 6.54 Å². The minimum absolute atomic E-state index is 0.104. The van der Waals surface area contributed by atoms with Gasteiger partial charge < -0.3 is 20.6 Å². The quantitative estimate of drug-likeness (QED) is 0.692. The number of nitrogens with zero attached hydrogens (tertiary/aromatic N) is 2. The maximum absolute atomic E-state index is 13.1. The zero-order valence-electron chi connectivity index (χ0n) is 16.6. The minimum atomic E-state index is -1.04. The summed E-state index contributed by atoms with van der Waals surface area (Å²) >= 11 is 0. The third-order valence-electron chi connectivity index (χ3n) is 5.14. The number of amides is 4. The van der Waals surface area contributed by atoms with Gasteiger partial charge in [-0.1, -0.05) is 26.0 Å². The number of para-hydroxylation sites is 2. The first kappa shape index (κ1) is 20.6. The van der Waals surface area contributed by atoms with E-state index < -0.39 is 30.0 Å². The van der Waals surface area contributed by atoms with E-state index in [1.165, 1.54) is 9.80 Å². The van der Waals surface area contributed by atoms with E-state index in [1.54, 1.807) is 24.3 Å². The van der Waals surface area contributed by atoms with Crippen molar-refractivity contribution in [1.82, 2.24) is 10.2 Å². The summed E-state index contributed by atoms with van der Waals surface area (Å²) in [5.41, 5.74) is 1.07. The first-order valence-electron chi connectivity index (χ1n) is 9.78. The smallest absolute Gasteiger partial charge is 0.326 e. The summed E-state index contributed by atoms with van der Waals surface area (Å²) in [6.45, 7) is 4.05. The lowest BCUT2D eigenvalue weighted by molar-refractivity contribution is -0.149.